The van der Waals surface area contributed by atoms with Gasteiger partial charge in [-0.25, -0.2) is 4.98 Å². The quantitative estimate of drug-likeness (QED) is 0.662. The van der Waals surface area contributed by atoms with Crippen molar-refractivity contribution < 1.29 is 27.4 Å². The van der Waals surface area contributed by atoms with Crippen LogP contribution in [0.4, 0.5) is 13.2 Å². The van der Waals surface area contributed by atoms with Crippen molar-refractivity contribution in [2.45, 2.75) is 45.7 Å². The van der Waals surface area contributed by atoms with Crippen LogP contribution in [-0.4, -0.2) is 47.7 Å². The highest BCUT2D eigenvalue weighted by Gasteiger charge is 2.26. The number of carbonyl (C=O) groups excluding carboxylic acids is 1. The van der Waals surface area contributed by atoms with Gasteiger partial charge in [-0.1, -0.05) is 0 Å². The molecule has 0 saturated carbocycles. The molecule has 1 amide bonds. The Morgan fingerprint density at radius 1 is 1.35 bits per heavy atom. The fourth-order valence-corrected chi connectivity index (χ4v) is 1.91. The summed E-state index contributed by atoms with van der Waals surface area (Å²) in [5.74, 6) is -0.0648. The molecule has 0 aromatic carbocycles. The molecular formula is C14H22F3N3O3. The van der Waals surface area contributed by atoms with Crippen LogP contribution in [0, 0.1) is 0 Å². The van der Waals surface area contributed by atoms with Crippen molar-refractivity contribution in [3.8, 4) is 0 Å². The topological polar surface area (TPSA) is 65.4 Å². The third-order valence-electron chi connectivity index (χ3n) is 2.90. The molecule has 132 valence electrons. The lowest BCUT2D eigenvalue weighted by molar-refractivity contribution is -0.144. The van der Waals surface area contributed by atoms with Gasteiger partial charge in [0.05, 0.1) is 19.4 Å². The second-order valence-corrected chi connectivity index (χ2v) is 4.73. The molecule has 23 heavy (non-hydrogen) atoms. The Morgan fingerprint density at radius 2 is 2.00 bits per heavy atom. The summed E-state index contributed by atoms with van der Waals surface area (Å²) in [6.45, 7) is 4.56. The van der Waals surface area contributed by atoms with Gasteiger partial charge in [0, 0.05) is 32.2 Å². The second kappa shape index (κ2) is 9.51. The molecule has 0 radical (unpaired) electrons. The number of hydrogen-bond acceptors (Lipinski definition) is 4. The lowest BCUT2D eigenvalue weighted by Crippen LogP contribution is -2.31. The van der Waals surface area contributed by atoms with E-state index in [1.54, 1.807) is 10.8 Å². The van der Waals surface area contributed by atoms with E-state index in [1.165, 1.54) is 6.20 Å². The fourth-order valence-electron chi connectivity index (χ4n) is 1.91. The highest BCUT2D eigenvalue weighted by atomic mass is 19.4. The molecule has 1 aromatic heterocycles. The number of carbonyl (C=O) groups is 1. The zero-order valence-corrected chi connectivity index (χ0v) is 13.2. The molecule has 9 heteroatoms. The molecular weight excluding hydrogens is 315 g/mol. The Kier molecular flexibility index (Phi) is 8.04. The van der Waals surface area contributed by atoms with Gasteiger partial charge in [0.2, 0.25) is 5.91 Å². The van der Waals surface area contributed by atoms with Gasteiger partial charge in [0.1, 0.15) is 5.82 Å². The standard InChI is InChI=1S/C14H22F3N3O3/c1-3-22-13(23-4-2)10-20-8-7-18-11(20)9-12(21)19-6-5-14(15,16)17/h7-8,13H,3-6,9-10H2,1-2H3,(H,19,21). The molecule has 0 atom stereocenters. The lowest BCUT2D eigenvalue weighted by atomic mass is 10.3. The van der Waals surface area contributed by atoms with Crippen LogP contribution in [0.1, 0.15) is 26.1 Å². The van der Waals surface area contributed by atoms with E-state index < -0.39 is 31.3 Å². The largest absolute Gasteiger partial charge is 0.390 e. The van der Waals surface area contributed by atoms with Crippen LogP contribution in [0.25, 0.3) is 0 Å². The highest BCUT2D eigenvalue weighted by molar-refractivity contribution is 5.77. The molecule has 0 aliphatic carbocycles. The number of nitrogens with zero attached hydrogens (tertiary/aromatic N) is 2. The first-order valence-electron chi connectivity index (χ1n) is 7.42. The molecule has 0 aliphatic rings. The number of ether oxygens (including phenoxy) is 2. The molecule has 1 aromatic rings. The average Bonchev–Trinajstić information content (AvgIpc) is 2.85. The predicted molar refractivity (Wildman–Crippen MR) is 76.7 cm³/mol. The van der Waals surface area contributed by atoms with E-state index in [0.29, 0.717) is 25.6 Å². The summed E-state index contributed by atoms with van der Waals surface area (Å²) in [6, 6.07) is 0. The van der Waals surface area contributed by atoms with E-state index in [4.69, 9.17) is 9.47 Å². The SMILES string of the molecule is CCOC(Cn1ccnc1CC(=O)NCCC(F)(F)F)OCC. The Hall–Kier alpha value is -1.61. The zero-order chi connectivity index (χ0) is 17.3. The maximum Gasteiger partial charge on any atom is 0.390 e. The maximum atomic E-state index is 12.0. The van der Waals surface area contributed by atoms with Gasteiger partial charge >= 0.3 is 6.18 Å². The number of amides is 1. The van der Waals surface area contributed by atoms with Crippen molar-refractivity contribution in [2.75, 3.05) is 19.8 Å². The lowest BCUT2D eigenvalue weighted by Gasteiger charge is -2.18. The van der Waals surface area contributed by atoms with Crippen LogP contribution in [0.2, 0.25) is 0 Å². The molecule has 1 rings (SSSR count). The Bertz CT molecular complexity index is 471. The first-order chi connectivity index (χ1) is 10.9. The van der Waals surface area contributed by atoms with Gasteiger partial charge in [-0.2, -0.15) is 13.2 Å². The van der Waals surface area contributed by atoms with Crippen molar-refractivity contribution >= 4 is 5.91 Å². The molecule has 6 nitrogen and oxygen atoms in total. The minimum absolute atomic E-state index is 0.101. The van der Waals surface area contributed by atoms with Crippen LogP contribution in [0.5, 0.6) is 0 Å². The van der Waals surface area contributed by atoms with Crippen LogP contribution < -0.4 is 5.32 Å². The number of alkyl halides is 3. The van der Waals surface area contributed by atoms with E-state index in [1.807, 2.05) is 13.8 Å². The Balaban J connectivity index is 2.51. The van der Waals surface area contributed by atoms with Gasteiger partial charge in [0.15, 0.2) is 6.29 Å². The first kappa shape index (κ1) is 19.4. The molecule has 0 saturated heterocycles. The van der Waals surface area contributed by atoms with Gasteiger partial charge < -0.3 is 19.4 Å². The molecule has 0 bridgehead atoms. The molecule has 1 heterocycles. The monoisotopic (exact) mass is 337 g/mol. The van der Waals surface area contributed by atoms with Crippen molar-refractivity contribution in [2.24, 2.45) is 0 Å². The second-order valence-electron chi connectivity index (χ2n) is 4.73. The van der Waals surface area contributed by atoms with E-state index >= 15 is 0 Å². The Morgan fingerprint density at radius 3 is 2.57 bits per heavy atom. The average molecular weight is 337 g/mol. The molecule has 0 fully saturated rings. The fraction of sp³-hybridized carbons (Fsp3) is 0.714. The van der Waals surface area contributed by atoms with Gasteiger partial charge in [-0.15, -0.1) is 0 Å². The van der Waals surface area contributed by atoms with Crippen molar-refractivity contribution in [3.05, 3.63) is 18.2 Å². The van der Waals surface area contributed by atoms with Crippen LogP contribution in [0.3, 0.4) is 0 Å². The molecule has 0 spiro atoms. The number of aromatic nitrogens is 2. The van der Waals surface area contributed by atoms with Crippen LogP contribution >= 0.6 is 0 Å². The highest BCUT2D eigenvalue weighted by Crippen LogP contribution is 2.18. The summed E-state index contributed by atoms with van der Waals surface area (Å²) in [5.41, 5.74) is 0. The Labute approximate surface area is 133 Å². The molecule has 0 aliphatic heterocycles. The zero-order valence-electron chi connectivity index (χ0n) is 13.2. The van der Waals surface area contributed by atoms with Crippen LogP contribution in [-0.2, 0) is 27.2 Å². The van der Waals surface area contributed by atoms with Gasteiger partial charge in [-0.05, 0) is 13.8 Å². The summed E-state index contributed by atoms with van der Waals surface area (Å²) >= 11 is 0. The molecule has 1 N–H and O–H groups in total. The summed E-state index contributed by atoms with van der Waals surface area (Å²) in [5, 5.41) is 2.23. The number of rotatable bonds is 10. The number of hydrogen-bond donors (Lipinski definition) is 1. The van der Waals surface area contributed by atoms with Gasteiger partial charge in [0.25, 0.3) is 0 Å². The van der Waals surface area contributed by atoms with Crippen molar-refractivity contribution in [1.82, 2.24) is 14.9 Å². The van der Waals surface area contributed by atoms with E-state index in [2.05, 4.69) is 10.3 Å². The molecule has 0 unspecified atom stereocenters. The third kappa shape index (κ3) is 7.98. The van der Waals surface area contributed by atoms with Crippen molar-refractivity contribution in [1.29, 1.82) is 0 Å². The van der Waals surface area contributed by atoms with E-state index in [0.717, 1.165) is 0 Å². The summed E-state index contributed by atoms with van der Waals surface area (Å²) in [7, 11) is 0. The van der Waals surface area contributed by atoms with Crippen molar-refractivity contribution in [3.63, 3.8) is 0 Å². The minimum atomic E-state index is -4.28. The van der Waals surface area contributed by atoms with Crippen LogP contribution in [0.15, 0.2) is 12.4 Å². The minimum Gasteiger partial charge on any atom is -0.355 e. The van der Waals surface area contributed by atoms with E-state index in [-0.39, 0.29) is 6.42 Å². The predicted octanol–water partition coefficient (Wildman–Crippen LogP) is 1.89. The normalized spacial score (nSPS) is 11.9. The summed E-state index contributed by atoms with van der Waals surface area (Å²) < 4.78 is 48.7. The maximum absolute atomic E-state index is 12.0. The first-order valence-corrected chi connectivity index (χ1v) is 7.42. The van der Waals surface area contributed by atoms with E-state index in [9.17, 15) is 18.0 Å². The smallest absolute Gasteiger partial charge is 0.355 e. The number of nitrogens with one attached hydrogen (secondary N) is 1. The summed E-state index contributed by atoms with van der Waals surface area (Å²) in [6.07, 6.45) is -2.71. The number of halogens is 3. The number of imidazole rings is 1. The van der Waals surface area contributed by atoms with Gasteiger partial charge in [-0.3, -0.25) is 4.79 Å². The summed E-state index contributed by atoms with van der Waals surface area (Å²) in [4.78, 5) is 15.7. The third-order valence-corrected chi connectivity index (χ3v) is 2.90.